The molecule has 0 aliphatic carbocycles. The van der Waals surface area contributed by atoms with E-state index >= 15 is 0 Å². The lowest BCUT2D eigenvalue weighted by Gasteiger charge is -2.17. The van der Waals surface area contributed by atoms with E-state index in [0.29, 0.717) is 17.8 Å². The van der Waals surface area contributed by atoms with Gasteiger partial charge in [-0.15, -0.1) is 0 Å². The van der Waals surface area contributed by atoms with Gasteiger partial charge < -0.3 is 10.2 Å². The number of carbonyl (C=O) groups is 2. The second kappa shape index (κ2) is 7.92. The molecule has 0 spiro atoms. The Bertz CT molecular complexity index is 1020. The van der Waals surface area contributed by atoms with Gasteiger partial charge in [-0.2, -0.15) is 0 Å². The molecule has 4 nitrogen and oxygen atoms in total. The van der Waals surface area contributed by atoms with Gasteiger partial charge in [-0.1, -0.05) is 48.5 Å². The van der Waals surface area contributed by atoms with Crippen molar-refractivity contribution in [3.05, 3.63) is 102 Å². The standard InChI is InChI=1S/C24H20N2O2/c27-23(15-10-18-6-2-1-3-7-18)25-21-13-11-20(12-14-21)24(28)26-17-16-19-8-4-5-9-22(19)26/h1-15H,16-17H2,(H,25,27)/b15-10+. The van der Waals surface area contributed by atoms with Crippen LogP contribution in [0.25, 0.3) is 6.08 Å². The highest BCUT2D eigenvalue weighted by molar-refractivity contribution is 6.08. The molecule has 138 valence electrons. The van der Waals surface area contributed by atoms with Gasteiger partial charge in [-0.3, -0.25) is 9.59 Å². The van der Waals surface area contributed by atoms with Gasteiger partial charge in [0.25, 0.3) is 5.91 Å². The van der Waals surface area contributed by atoms with E-state index in [9.17, 15) is 9.59 Å². The Hall–Kier alpha value is -3.66. The smallest absolute Gasteiger partial charge is 0.258 e. The van der Waals surface area contributed by atoms with Crippen molar-refractivity contribution in [3.63, 3.8) is 0 Å². The van der Waals surface area contributed by atoms with Crippen molar-refractivity contribution in [1.82, 2.24) is 0 Å². The van der Waals surface area contributed by atoms with E-state index in [1.165, 1.54) is 11.6 Å². The van der Waals surface area contributed by atoms with E-state index in [2.05, 4.69) is 11.4 Å². The van der Waals surface area contributed by atoms with Crippen LogP contribution in [0.3, 0.4) is 0 Å². The number of rotatable bonds is 4. The molecule has 4 rings (SSSR count). The molecule has 2 amide bonds. The maximum Gasteiger partial charge on any atom is 0.258 e. The van der Waals surface area contributed by atoms with Gasteiger partial charge in [-0.25, -0.2) is 0 Å². The third-order valence-corrected chi connectivity index (χ3v) is 4.76. The van der Waals surface area contributed by atoms with E-state index in [1.54, 1.807) is 30.3 Å². The van der Waals surface area contributed by atoms with Gasteiger partial charge in [0.1, 0.15) is 0 Å². The lowest BCUT2D eigenvalue weighted by Crippen LogP contribution is -2.28. The van der Waals surface area contributed by atoms with Gasteiger partial charge in [0, 0.05) is 29.6 Å². The molecule has 1 aliphatic rings. The van der Waals surface area contributed by atoms with Crippen LogP contribution in [0, 0.1) is 0 Å². The fourth-order valence-corrected chi connectivity index (χ4v) is 3.32. The topological polar surface area (TPSA) is 49.4 Å². The van der Waals surface area contributed by atoms with Crippen molar-refractivity contribution in [2.75, 3.05) is 16.8 Å². The number of hydrogen-bond donors (Lipinski definition) is 1. The molecule has 3 aromatic carbocycles. The molecule has 0 bridgehead atoms. The number of nitrogens with one attached hydrogen (secondary N) is 1. The molecule has 0 saturated heterocycles. The van der Waals surface area contributed by atoms with Crippen molar-refractivity contribution in [3.8, 4) is 0 Å². The number of nitrogens with zero attached hydrogens (tertiary/aromatic N) is 1. The van der Waals surface area contributed by atoms with Crippen LogP contribution in [0.15, 0.2) is 84.9 Å². The van der Waals surface area contributed by atoms with Gasteiger partial charge in [0.15, 0.2) is 0 Å². The number of fused-ring (bicyclic) bond motifs is 1. The first-order chi connectivity index (χ1) is 13.7. The minimum atomic E-state index is -0.212. The van der Waals surface area contributed by atoms with Crippen LogP contribution in [-0.4, -0.2) is 18.4 Å². The summed E-state index contributed by atoms with van der Waals surface area (Å²) >= 11 is 0. The van der Waals surface area contributed by atoms with Crippen LogP contribution in [0.5, 0.6) is 0 Å². The van der Waals surface area contributed by atoms with Crippen molar-refractivity contribution in [1.29, 1.82) is 0 Å². The van der Waals surface area contributed by atoms with E-state index < -0.39 is 0 Å². The molecule has 0 saturated carbocycles. The molecule has 28 heavy (non-hydrogen) atoms. The van der Waals surface area contributed by atoms with E-state index in [4.69, 9.17) is 0 Å². The Morgan fingerprint density at radius 1 is 0.857 bits per heavy atom. The zero-order valence-corrected chi connectivity index (χ0v) is 15.3. The zero-order chi connectivity index (χ0) is 19.3. The summed E-state index contributed by atoms with van der Waals surface area (Å²) in [6.45, 7) is 0.695. The second-order valence-electron chi connectivity index (χ2n) is 6.65. The zero-order valence-electron chi connectivity index (χ0n) is 15.3. The maximum atomic E-state index is 12.8. The lowest BCUT2D eigenvalue weighted by atomic mass is 10.1. The predicted octanol–water partition coefficient (Wildman–Crippen LogP) is 4.54. The fraction of sp³-hybridized carbons (Fsp3) is 0.0833. The Balaban J connectivity index is 1.41. The van der Waals surface area contributed by atoms with Crippen molar-refractivity contribution < 1.29 is 9.59 Å². The Labute approximate surface area is 164 Å². The second-order valence-corrected chi connectivity index (χ2v) is 6.65. The van der Waals surface area contributed by atoms with Crippen LogP contribution in [0.4, 0.5) is 11.4 Å². The summed E-state index contributed by atoms with van der Waals surface area (Å²) in [5.41, 5.74) is 4.40. The summed E-state index contributed by atoms with van der Waals surface area (Å²) in [7, 11) is 0. The fourth-order valence-electron chi connectivity index (χ4n) is 3.32. The maximum absolute atomic E-state index is 12.8. The summed E-state index contributed by atoms with van der Waals surface area (Å²) in [6, 6.07) is 24.6. The molecule has 1 aliphatic heterocycles. The van der Waals surface area contributed by atoms with E-state index in [-0.39, 0.29) is 11.8 Å². The molecule has 1 heterocycles. The molecule has 3 aromatic rings. The van der Waals surface area contributed by atoms with Crippen LogP contribution >= 0.6 is 0 Å². The largest absolute Gasteiger partial charge is 0.323 e. The number of para-hydroxylation sites is 1. The third-order valence-electron chi connectivity index (χ3n) is 4.76. The monoisotopic (exact) mass is 368 g/mol. The number of carbonyl (C=O) groups excluding carboxylic acids is 2. The van der Waals surface area contributed by atoms with Crippen molar-refractivity contribution in [2.24, 2.45) is 0 Å². The van der Waals surface area contributed by atoms with E-state index in [1.807, 2.05) is 53.4 Å². The Morgan fingerprint density at radius 2 is 1.57 bits per heavy atom. The predicted molar refractivity (Wildman–Crippen MR) is 112 cm³/mol. The lowest BCUT2D eigenvalue weighted by molar-refractivity contribution is -0.111. The molecule has 0 fully saturated rings. The van der Waals surface area contributed by atoms with Crippen LogP contribution in [-0.2, 0) is 11.2 Å². The number of amides is 2. The molecule has 0 atom stereocenters. The summed E-state index contributed by atoms with van der Waals surface area (Å²) in [5.74, 6) is -0.233. The summed E-state index contributed by atoms with van der Waals surface area (Å²) in [4.78, 5) is 26.7. The quantitative estimate of drug-likeness (QED) is 0.687. The van der Waals surface area contributed by atoms with E-state index in [0.717, 1.165) is 17.7 Å². The Kier molecular flexibility index (Phi) is 5.02. The number of anilines is 2. The van der Waals surface area contributed by atoms with Gasteiger partial charge in [0.05, 0.1) is 0 Å². The minimum Gasteiger partial charge on any atom is -0.323 e. The highest BCUT2D eigenvalue weighted by atomic mass is 16.2. The SMILES string of the molecule is O=C(/C=C/c1ccccc1)Nc1ccc(C(=O)N2CCc3ccccc32)cc1. The van der Waals surface area contributed by atoms with Crippen LogP contribution in [0.1, 0.15) is 21.5 Å². The third kappa shape index (κ3) is 3.86. The van der Waals surface area contributed by atoms with Crippen LogP contribution in [0.2, 0.25) is 0 Å². The molecular formula is C24H20N2O2. The first kappa shape index (κ1) is 17.7. The molecule has 0 aromatic heterocycles. The molecule has 0 radical (unpaired) electrons. The summed E-state index contributed by atoms with van der Waals surface area (Å²) < 4.78 is 0. The highest BCUT2D eigenvalue weighted by Crippen LogP contribution is 2.29. The highest BCUT2D eigenvalue weighted by Gasteiger charge is 2.24. The molecule has 0 unspecified atom stereocenters. The average molecular weight is 368 g/mol. The van der Waals surface area contributed by atoms with Gasteiger partial charge in [-0.05, 0) is 54.0 Å². The number of benzene rings is 3. The van der Waals surface area contributed by atoms with Crippen molar-refractivity contribution in [2.45, 2.75) is 6.42 Å². The first-order valence-electron chi connectivity index (χ1n) is 9.25. The van der Waals surface area contributed by atoms with Gasteiger partial charge >= 0.3 is 0 Å². The summed E-state index contributed by atoms with van der Waals surface area (Å²) in [5, 5.41) is 2.81. The molecule has 4 heteroatoms. The first-order valence-corrected chi connectivity index (χ1v) is 9.25. The van der Waals surface area contributed by atoms with Gasteiger partial charge in [0.2, 0.25) is 5.91 Å². The average Bonchev–Trinajstić information content (AvgIpc) is 3.17. The molecular weight excluding hydrogens is 348 g/mol. The van der Waals surface area contributed by atoms with Crippen LogP contribution < -0.4 is 10.2 Å². The normalized spacial score (nSPS) is 12.8. The Morgan fingerprint density at radius 3 is 2.36 bits per heavy atom. The number of hydrogen-bond acceptors (Lipinski definition) is 2. The van der Waals surface area contributed by atoms with Crippen molar-refractivity contribution >= 4 is 29.3 Å². The minimum absolute atomic E-state index is 0.0215. The molecule has 1 N–H and O–H groups in total. The summed E-state index contributed by atoms with van der Waals surface area (Å²) in [6.07, 6.45) is 4.14.